The molecule has 3 aromatic rings. The minimum absolute atomic E-state index is 0. The molecule has 1 aromatic heterocycles. The molecular formula is C23H26Cl2N4O2. The average molecular weight is 461 g/mol. The smallest absolute Gasteiger partial charge is 0.282 e. The molecule has 0 unspecified atom stereocenters. The Labute approximate surface area is 192 Å². The van der Waals surface area contributed by atoms with Crippen molar-refractivity contribution in [1.82, 2.24) is 14.9 Å². The van der Waals surface area contributed by atoms with Gasteiger partial charge in [-0.15, -0.1) is 12.4 Å². The fourth-order valence-electron chi connectivity index (χ4n) is 4.81. The van der Waals surface area contributed by atoms with Crippen LogP contribution in [0.15, 0.2) is 41.2 Å². The Bertz CT molecular complexity index is 1210. The van der Waals surface area contributed by atoms with Crippen LogP contribution in [-0.2, 0) is 10.2 Å². The second kappa shape index (κ2) is 8.10. The van der Waals surface area contributed by atoms with Crippen molar-refractivity contribution >= 4 is 40.6 Å². The number of nitrogens with one attached hydrogen (secondary N) is 1. The van der Waals surface area contributed by atoms with Gasteiger partial charge in [-0.1, -0.05) is 23.7 Å². The maximum atomic E-state index is 12.8. The molecule has 1 atom stereocenters. The molecule has 164 valence electrons. The van der Waals surface area contributed by atoms with E-state index in [1.54, 1.807) is 13.2 Å². The van der Waals surface area contributed by atoms with E-state index >= 15 is 0 Å². The summed E-state index contributed by atoms with van der Waals surface area (Å²) in [4.78, 5) is 19.6. The van der Waals surface area contributed by atoms with Crippen molar-refractivity contribution < 1.29 is 4.74 Å². The molecule has 1 saturated heterocycles. The average Bonchev–Trinajstić information content (AvgIpc) is 2.95. The quantitative estimate of drug-likeness (QED) is 0.647. The first-order valence-electron chi connectivity index (χ1n) is 10.3. The zero-order chi connectivity index (χ0) is 21.0. The molecule has 0 radical (unpaired) electrons. The number of hydrogen-bond donors (Lipinski definition) is 1. The van der Waals surface area contributed by atoms with Gasteiger partial charge in [-0.25, -0.2) is 0 Å². The fourth-order valence-corrected chi connectivity index (χ4v) is 5.06. The Kier molecular flexibility index (Phi) is 5.77. The molecule has 1 fully saturated rings. The molecule has 31 heavy (non-hydrogen) atoms. The third-order valence-corrected chi connectivity index (χ3v) is 6.62. The van der Waals surface area contributed by atoms with Gasteiger partial charge in [0, 0.05) is 38.5 Å². The SMILES string of the molecule is COC[C@@H]1CN(c2ccc3c(c2)-n2c(nc(=O)c4c(Cl)cccc42)C3(C)C)CCN1.Cl. The fraction of sp³-hybridized carbons (Fsp3) is 0.391. The number of methoxy groups -OCH3 is 1. The van der Waals surface area contributed by atoms with E-state index < -0.39 is 0 Å². The highest BCUT2D eigenvalue weighted by atomic mass is 35.5. The molecule has 0 amide bonds. The summed E-state index contributed by atoms with van der Waals surface area (Å²) in [5.41, 5.74) is 3.55. The molecule has 0 aliphatic carbocycles. The molecule has 2 aliphatic heterocycles. The highest BCUT2D eigenvalue weighted by molar-refractivity contribution is 6.35. The van der Waals surface area contributed by atoms with Crippen LogP contribution in [0, 0.1) is 0 Å². The second-order valence-electron chi connectivity index (χ2n) is 8.59. The first-order chi connectivity index (χ1) is 14.4. The number of ether oxygens (including phenoxy) is 1. The molecule has 6 nitrogen and oxygen atoms in total. The van der Waals surface area contributed by atoms with Gasteiger partial charge >= 0.3 is 0 Å². The summed E-state index contributed by atoms with van der Waals surface area (Å²) >= 11 is 6.38. The van der Waals surface area contributed by atoms with Crippen LogP contribution >= 0.6 is 24.0 Å². The van der Waals surface area contributed by atoms with Crippen LogP contribution in [0.5, 0.6) is 0 Å². The van der Waals surface area contributed by atoms with E-state index in [1.165, 1.54) is 0 Å². The number of fused-ring (bicyclic) bond motifs is 5. The van der Waals surface area contributed by atoms with Crippen LogP contribution in [0.3, 0.4) is 0 Å². The predicted molar refractivity (Wildman–Crippen MR) is 128 cm³/mol. The number of anilines is 1. The van der Waals surface area contributed by atoms with Gasteiger partial charge in [-0.3, -0.25) is 9.36 Å². The first kappa shape index (κ1) is 22.1. The molecule has 3 heterocycles. The maximum absolute atomic E-state index is 12.8. The van der Waals surface area contributed by atoms with Crippen LogP contribution in [0.2, 0.25) is 5.02 Å². The van der Waals surface area contributed by atoms with Gasteiger partial charge in [0.2, 0.25) is 0 Å². The number of aromatic nitrogens is 2. The first-order valence-corrected chi connectivity index (χ1v) is 10.6. The van der Waals surface area contributed by atoms with E-state index in [1.807, 2.05) is 12.1 Å². The van der Waals surface area contributed by atoms with E-state index in [0.29, 0.717) is 23.1 Å². The third-order valence-electron chi connectivity index (χ3n) is 6.31. The number of piperazine rings is 1. The Morgan fingerprint density at radius 3 is 2.87 bits per heavy atom. The molecule has 2 aromatic carbocycles. The van der Waals surface area contributed by atoms with Gasteiger partial charge in [0.05, 0.1) is 33.6 Å². The molecule has 2 aliphatic rings. The van der Waals surface area contributed by atoms with Gasteiger partial charge in [-0.2, -0.15) is 4.98 Å². The normalized spacial score (nSPS) is 19.1. The Balaban J connectivity index is 0.00000231. The number of rotatable bonds is 3. The summed E-state index contributed by atoms with van der Waals surface area (Å²) in [6, 6.07) is 12.5. The lowest BCUT2D eigenvalue weighted by Gasteiger charge is -2.35. The minimum Gasteiger partial charge on any atom is -0.383 e. The van der Waals surface area contributed by atoms with Crippen LogP contribution in [0.4, 0.5) is 5.69 Å². The van der Waals surface area contributed by atoms with Crippen molar-refractivity contribution in [2.45, 2.75) is 25.3 Å². The molecule has 0 spiro atoms. The van der Waals surface area contributed by atoms with Crippen LogP contribution in [0.25, 0.3) is 16.6 Å². The number of nitrogens with zero attached hydrogens (tertiary/aromatic N) is 3. The van der Waals surface area contributed by atoms with E-state index in [-0.39, 0.29) is 23.4 Å². The molecular weight excluding hydrogens is 435 g/mol. The standard InChI is InChI=1S/C23H25ClN4O2.ClH/c1-23(2)16-8-7-15(27-10-9-25-14(12-27)13-30-3)11-19(16)28-18-6-4-5-17(24)20(18)21(29)26-22(23)28;/h4-8,11,14,25H,9-10,12-13H2,1-3H3;1H/t14-;/m0./s1. The van der Waals surface area contributed by atoms with Crippen molar-refractivity contribution in [2.75, 3.05) is 38.3 Å². The van der Waals surface area contributed by atoms with Crippen molar-refractivity contribution in [3.05, 3.63) is 63.2 Å². The number of halogens is 2. The highest BCUT2D eigenvalue weighted by Crippen LogP contribution is 2.44. The zero-order valence-corrected chi connectivity index (χ0v) is 19.4. The predicted octanol–water partition coefficient (Wildman–Crippen LogP) is 3.52. The summed E-state index contributed by atoms with van der Waals surface area (Å²) in [6.45, 7) is 7.66. The minimum atomic E-state index is -0.369. The van der Waals surface area contributed by atoms with Gasteiger partial charge in [0.1, 0.15) is 5.82 Å². The molecule has 0 saturated carbocycles. The number of benzene rings is 2. The monoisotopic (exact) mass is 460 g/mol. The van der Waals surface area contributed by atoms with E-state index in [4.69, 9.17) is 16.3 Å². The second-order valence-corrected chi connectivity index (χ2v) is 9.00. The topological polar surface area (TPSA) is 59.4 Å². The van der Waals surface area contributed by atoms with Gasteiger partial charge < -0.3 is 15.0 Å². The van der Waals surface area contributed by atoms with Gasteiger partial charge in [-0.05, 0) is 43.7 Å². The Hall–Kier alpha value is -2.12. The molecule has 1 N–H and O–H groups in total. The Morgan fingerprint density at radius 2 is 2.10 bits per heavy atom. The summed E-state index contributed by atoms with van der Waals surface area (Å²) in [7, 11) is 1.74. The lowest BCUT2D eigenvalue weighted by atomic mass is 9.85. The van der Waals surface area contributed by atoms with Crippen molar-refractivity contribution in [2.24, 2.45) is 0 Å². The van der Waals surface area contributed by atoms with Gasteiger partial charge in [0.25, 0.3) is 5.56 Å². The summed E-state index contributed by atoms with van der Waals surface area (Å²) < 4.78 is 7.45. The van der Waals surface area contributed by atoms with Crippen LogP contribution < -0.4 is 15.8 Å². The molecule has 0 bridgehead atoms. The summed E-state index contributed by atoms with van der Waals surface area (Å²) in [6.07, 6.45) is 0. The molecule has 8 heteroatoms. The van der Waals surface area contributed by atoms with Gasteiger partial charge in [0.15, 0.2) is 0 Å². The summed E-state index contributed by atoms with van der Waals surface area (Å²) in [5, 5.41) is 4.42. The van der Waals surface area contributed by atoms with Crippen LogP contribution in [0.1, 0.15) is 25.2 Å². The Morgan fingerprint density at radius 1 is 1.29 bits per heavy atom. The van der Waals surface area contributed by atoms with Crippen LogP contribution in [-0.4, -0.2) is 48.9 Å². The van der Waals surface area contributed by atoms with Crippen molar-refractivity contribution in [1.29, 1.82) is 0 Å². The highest BCUT2D eigenvalue weighted by Gasteiger charge is 2.39. The zero-order valence-electron chi connectivity index (χ0n) is 17.8. The third kappa shape index (κ3) is 3.42. The largest absolute Gasteiger partial charge is 0.383 e. The van der Waals surface area contributed by atoms with Crippen molar-refractivity contribution in [3.63, 3.8) is 0 Å². The van der Waals surface area contributed by atoms with E-state index in [2.05, 4.69) is 51.8 Å². The summed E-state index contributed by atoms with van der Waals surface area (Å²) in [5.74, 6) is 0.756. The van der Waals surface area contributed by atoms with Crippen molar-refractivity contribution in [3.8, 4) is 5.69 Å². The van der Waals surface area contributed by atoms with E-state index in [0.717, 1.165) is 47.9 Å². The maximum Gasteiger partial charge on any atom is 0.282 e. The van der Waals surface area contributed by atoms with E-state index in [9.17, 15) is 4.79 Å². The lowest BCUT2D eigenvalue weighted by molar-refractivity contribution is 0.163. The number of hydrogen-bond acceptors (Lipinski definition) is 5. The lowest BCUT2D eigenvalue weighted by Crippen LogP contribution is -2.52. The molecule has 5 rings (SSSR count).